The molecule has 2 aliphatic heterocycles. The van der Waals surface area contributed by atoms with Crippen molar-refractivity contribution in [3.8, 4) is 11.5 Å². The molecule has 13 atom stereocenters. The molecule has 0 radical (unpaired) electrons. The summed E-state index contributed by atoms with van der Waals surface area (Å²) in [7, 11) is 0. The number of aromatic amines is 3. The van der Waals surface area contributed by atoms with E-state index in [0.29, 0.717) is 40.2 Å². The zero-order chi connectivity index (χ0) is 81.1. The lowest BCUT2D eigenvalue weighted by atomic mass is 10.00. The molecule has 602 valence electrons. The van der Waals surface area contributed by atoms with E-state index in [1.165, 1.54) is 83.8 Å². The van der Waals surface area contributed by atoms with Crippen LogP contribution in [0, 0.1) is 11.3 Å². The van der Waals surface area contributed by atoms with Gasteiger partial charge in [0.2, 0.25) is 65.0 Å². The Labute approximate surface area is 643 Å². The Morgan fingerprint density at radius 3 is 1.38 bits per heavy atom. The van der Waals surface area contributed by atoms with Crippen molar-refractivity contribution in [3.05, 3.63) is 150 Å². The second kappa shape index (κ2) is 41.5. The normalized spacial score (nSPS) is 16.9. The minimum atomic E-state index is -1.86. The van der Waals surface area contributed by atoms with E-state index in [1.54, 1.807) is 56.3 Å². The van der Waals surface area contributed by atoms with Gasteiger partial charge in [-0.25, -0.2) is 19.7 Å². The fourth-order valence-corrected chi connectivity index (χ4v) is 13.1. The van der Waals surface area contributed by atoms with Crippen LogP contribution in [0.4, 0.5) is 0 Å². The van der Waals surface area contributed by atoms with E-state index in [2.05, 4.69) is 83.1 Å². The molecule has 0 unspecified atom stereocenters. The summed E-state index contributed by atoms with van der Waals surface area (Å²) >= 11 is 0. The minimum Gasteiger partial charge on any atom is -0.508 e. The number of imidazole rings is 3. The molecule has 2 fully saturated rings. The number of aromatic nitrogens is 6. The number of amides is 11. The highest BCUT2D eigenvalue weighted by atomic mass is 16.4. The van der Waals surface area contributed by atoms with Crippen LogP contribution in [0.5, 0.6) is 11.5 Å². The first-order chi connectivity index (χ1) is 53.5. The lowest BCUT2D eigenvalue weighted by Gasteiger charge is -2.31. The van der Waals surface area contributed by atoms with Gasteiger partial charge in [0, 0.05) is 87.4 Å². The Morgan fingerprint density at radius 1 is 0.509 bits per heavy atom. The number of rotatable bonds is 41. The fraction of sp³-hybridized carbons (Fsp3) is 0.459. The number of aliphatic carboxylic acids is 1. The summed E-state index contributed by atoms with van der Waals surface area (Å²) in [6, 6.07) is 2.55. The van der Waals surface area contributed by atoms with Crippen LogP contribution in [0.25, 0.3) is 0 Å². The predicted octanol–water partition coefficient (Wildman–Crippen LogP) is -3.54. The highest BCUT2D eigenvalue weighted by Gasteiger charge is 2.43. The highest BCUT2D eigenvalue weighted by Crippen LogP contribution is 2.24. The van der Waals surface area contributed by atoms with Crippen LogP contribution in [-0.4, -0.2) is 247 Å². The van der Waals surface area contributed by atoms with Gasteiger partial charge in [0.1, 0.15) is 78.0 Å². The van der Waals surface area contributed by atoms with Crippen molar-refractivity contribution in [2.45, 2.75) is 183 Å². The second-order valence-corrected chi connectivity index (χ2v) is 28.1. The van der Waals surface area contributed by atoms with Crippen molar-refractivity contribution in [1.82, 2.24) is 92.9 Å². The van der Waals surface area contributed by atoms with Gasteiger partial charge in [0.05, 0.1) is 37.7 Å². The summed E-state index contributed by atoms with van der Waals surface area (Å²) in [5.41, 5.74) is 14.7. The van der Waals surface area contributed by atoms with Gasteiger partial charge < -0.3 is 115 Å². The number of aliphatic hydroxyl groups excluding tert-OH is 2. The zero-order valence-electron chi connectivity index (χ0n) is 62.1. The van der Waals surface area contributed by atoms with E-state index >= 15 is 4.79 Å². The van der Waals surface area contributed by atoms with Gasteiger partial charge in [-0.3, -0.25) is 58.1 Å². The molecule has 0 bridgehead atoms. The molecule has 2 aliphatic rings. The van der Waals surface area contributed by atoms with Crippen LogP contribution < -0.4 is 64.6 Å². The number of hydrogen-bond acceptors (Lipinski definition) is 21. The average Bonchev–Trinajstić information content (AvgIpc) is 1.56. The Bertz CT molecular complexity index is 4150. The molecule has 0 aliphatic carbocycles. The van der Waals surface area contributed by atoms with Crippen molar-refractivity contribution in [2.75, 3.05) is 26.2 Å². The standard InChI is InChI=1S/C74H99N21O17/c1-40(2)26-52(63(101)88-55(30-45-33-78-37-82-45)65(103)87-54(29-44-17-21-49(99)22-18-44)67(105)93-61(41(3)97)70(108)90-53(28-42-10-5-4-6-11-42)64(102)92-58(36-96)73(111)112)86-62(100)51(12-7-23-81-74(76)77)85-68(106)60-14-9-25-95(60)72(110)57(32-47-35-80-39-84-47)91-66(104)56(31-46-34-79-38-83-46)89-69(107)59-13-8-24-94(59)71(109)50(75)27-43-15-19-48(98)20-16-43/h4-6,10-11,15-22,33-35,37-41,50-61,96-99H,7-9,12-14,23-32,36,75H2,1-3H3,(H,78,82)(H,79,83)(H,80,84)(H,85,106)(H,86,100)(H,87,103)(H,88,101)(H,89,107)(H,90,108)(H,91,104)(H,92,102)(H,93,105)(H,111,112)(H4,76,77,81)/t41-,50+,51+,52+,53+,54+,55+,56+,57+,58+,59+,60+,61+/m1/s1. The average molecular weight is 1550 g/mol. The molecule has 0 saturated carbocycles. The molecule has 38 heteroatoms. The number of guanidine groups is 1. The van der Waals surface area contributed by atoms with Crippen molar-refractivity contribution < 1.29 is 83.1 Å². The Morgan fingerprint density at radius 2 is 0.911 bits per heavy atom. The molecule has 11 amide bonds. The van der Waals surface area contributed by atoms with Crippen molar-refractivity contribution in [3.63, 3.8) is 0 Å². The summed E-state index contributed by atoms with van der Waals surface area (Å²) in [5.74, 6) is -11.9. The molecule has 0 spiro atoms. The Hall–Kier alpha value is -12.3. The predicted molar refractivity (Wildman–Crippen MR) is 400 cm³/mol. The quantitative estimate of drug-likeness (QED) is 0.0100. The molecule has 5 heterocycles. The summed E-state index contributed by atoms with van der Waals surface area (Å²) in [6.45, 7) is 3.93. The van der Waals surface area contributed by atoms with Crippen molar-refractivity contribution in [1.29, 1.82) is 5.41 Å². The Balaban J connectivity index is 0.993. The number of carbonyl (C=O) groups is 12. The van der Waals surface area contributed by atoms with Gasteiger partial charge in [-0.1, -0.05) is 68.4 Å². The van der Waals surface area contributed by atoms with Crippen LogP contribution >= 0.6 is 0 Å². The topological polar surface area (TPSA) is 595 Å². The molecule has 112 heavy (non-hydrogen) atoms. The number of carbonyl (C=O) groups excluding carboxylic acids is 11. The number of benzene rings is 3. The van der Waals surface area contributed by atoms with E-state index in [-0.39, 0.29) is 120 Å². The Kier molecular flexibility index (Phi) is 31.6. The van der Waals surface area contributed by atoms with Crippen LogP contribution in [0.2, 0.25) is 0 Å². The number of nitrogens with zero attached hydrogens (tertiary/aromatic N) is 5. The first-order valence-electron chi connectivity index (χ1n) is 36.7. The van der Waals surface area contributed by atoms with Gasteiger partial charge in [-0.05, 0) is 105 Å². The van der Waals surface area contributed by atoms with Gasteiger partial charge in [-0.2, -0.15) is 0 Å². The van der Waals surface area contributed by atoms with Crippen molar-refractivity contribution in [2.24, 2.45) is 17.4 Å². The molecule has 3 aromatic carbocycles. The fourth-order valence-electron chi connectivity index (χ4n) is 13.1. The van der Waals surface area contributed by atoms with E-state index in [4.69, 9.17) is 16.9 Å². The minimum absolute atomic E-state index is 0.00963. The summed E-state index contributed by atoms with van der Waals surface area (Å²) < 4.78 is 0. The number of aliphatic hydroxyl groups is 2. The van der Waals surface area contributed by atoms with Gasteiger partial charge in [0.25, 0.3) is 0 Å². The number of nitrogens with one attached hydrogen (secondary N) is 14. The van der Waals surface area contributed by atoms with Crippen LogP contribution in [0.15, 0.2) is 116 Å². The molecule has 2 saturated heterocycles. The van der Waals surface area contributed by atoms with E-state index in [9.17, 15) is 78.3 Å². The summed E-state index contributed by atoms with van der Waals surface area (Å²) in [6.07, 6.45) is 6.51. The zero-order valence-corrected chi connectivity index (χ0v) is 62.1. The number of phenols is 2. The molecule has 8 rings (SSSR count). The molecular formula is C74H99N21O17. The maximum atomic E-state index is 15.1. The first-order valence-corrected chi connectivity index (χ1v) is 36.7. The van der Waals surface area contributed by atoms with E-state index in [1.807, 2.05) is 0 Å². The molecule has 38 nitrogen and oxygen atoms in total. The molecular weight excluding hydrogens is 1450 g/mol. The smallest absolute Gasteiger partial charge is 0.328 e. The SMILES string of the molecule is CC(C)C[C@H](NC(=O)[C@H](CCCNC(=N)N)NC(=O)[C@@H]1CCCN1C(=O)[C@H](Cc1cnc[nH]1)NC(=O)[C@H](Cc1cnc[nH]1)NC(=O)[C@@H]1CCCN1C(=O)[C@@H](N)Cc1ccc(O)cc1)C(=O)N[C@@H](Cc1cnc[nH]1)C(=O)N[C@@H](Cc1ccc(O)cc1)C(=O)N[C@H](C(=O)N[C@@H](Cc1ccccc1)C(=O)N[C@@H](CO)C(=O)O)[C@@H](C)O. The maximum Gasteiger partial charge on any atom is 0.328 e. The third kappa shape index (κ3) is 25.4. The number of nitrogens with two attached hydrogens (primary N) is 2. The number of phenolic OH excluding ortho intramolecular Hbond substituents is 2. The maximum absolute atomic E-state index is 15.1. The third-order valence-electron chi connectivity index (χ3n) is 18.9. The van der Waals surface area contributed by atoms with Gasteiger partial charge >= 0.3 is 5.97 Å². The van der Waals surface area contributed by atoms with Gasteiger partial charge in [-0.15, -0.1) is 0 Å². The van der Waals surface area contributed by atoms with Crippen LogP contribution in [0.3, 0.4) is 0 Å². The van der Waals surface area contributed by atoms with Crippen LogP contribution in [-0.2, 0) is 96.1 Å². The highest BCUT2D eigenvalue weighted by molar-refractivity contribution is 6.00. The monoisotopic (exact) mass is 1550 g/mol. The van der Waals surface area contributed by atoms with E-state index in [0.717, 1.165) is 6.92 Å². The molecule has 23 N–H and O–H groups in total. The third-order valence-corrected chi connectivity index (χ3v) is 18.9. The number of likely N-dealkylation sites (tertiary alicyclic amines) is 2. The summed E-state index contributed by atoms with van der Waals surface area (Å²) in [4.78, 5) is 196. The van der Waals surface area contributed by atoms with Crippen molar-refractivity contribution >= 4 is 76.9 Å². The number of aromatic hydroxyl groups is 2. The van der Waals surface area contributed by atoms with E-state index < -0.39 is 156 Å². The number of carboxylic acids is 1. The largest absolute Gasteiger partial charge is 0.508 e. The molecule has 6 aromatic rings. The number of carboxylic acid groups (broad SMARTS) is 1. The number of H-pyrrole nitrogens is 3. The van der Waals surface area contributed by atoms with Crippen LogP contribution in [0.1, 0.15) is 99.5 Å². The summed E-state index contributed by atoms with van der Waals surface area (Å²) in [5, 5.41) is 84.3. The second-order valence-electron chi connectivity index (χ2n) is 28.1. The first kappa shape index (κ1) is 85.3. The lowest BCUT2D eigenvalue weighted by molar-refractivity contribution is -0.143. The van der Waals surface area contributed by atoms with Gasteiger partial charge in [0.15, 0.2) is 5.96 Å². The lowest BCUT2D eigenvalue weighted by Crippen LogP contribution is -2.62. The number of hydrogen-bond donors (Lipinski definition) is 21. The molecule has 3 aromatic heterocycles.